The predicted octanol–water partition coefficient (Wildman–Crippen LogP) is 3.40. The summed E-state index contributed by atoms with van der Waals surface area (Å²) in [7, 11) is 1.50. The van der Waals surface area contributed by atoms with Crippen LogP contribution in [0, 0.1) is 6.92 Å². The van der Waals surface area contributed by atoms with E-state index in [9.17, 15) is 9.59 Å². The van der Waals surface area contributed by atoms with E-state index in [-0.39, 0.29) is 12.5 Å². The number of hydrogen-bond acceptors (Lipinski definition) is 4. The monoisotopic (exact) mass is 327 g/mol. The highest BCUT2D eigenvalue weighted by molar-refractivity contribution is 5.93. The van der Waals surface area contributed by atoms with Gasteiger partial charge in [-0.15, -0.1) is 0 Å². The van der Waals surface area contributed by atoms with Crippen molar-refractivity contribution in [3.05, 3.63) is 53.1 Å². The maximum absolute atomic E-state index is 12.2. The topological polar surface area (TPSA) is 64.6 Å². The summed E-state index contributed by atoms with van der Waals surface area (Å²) >= 11 is 0. The summed E-state index contributed by atoms with van der Waals surface area (Å²) in [4.78, 5) is 23.1. The molecule has 0 aliphatic carbocycles. The maximum atomic E-state index is 12.2. The average Bonchev–Trinajstić information content (AvgIpc) is 2.61. The number of ether oxygens (including phenoxy) is 2. The van der Waals surface area contributed by atoms with Crippen LogP contribution in [-0.4, -0.2) is 25.9 Å². The van der Waals surface area contributed by atoms with Gasteiger partial charge in [0.05, 0.1) is 7.11 Å². The van der Waals surface area contributed by atoms with E-state index in [1.54, 1.807) is 18.2 Å². The zero-order valence-electron chi connectivity index (χ0n) is 14.1. The molecule has 24 heavy (non-hydrogen) atoms. The van der Waals surface area contributed by atoms with E-state index in [2.05, 4.69) is 5.32 Å². The molecule has 0 heterocycles. The number of nitrogens with one attached hydrogen (secondary N) is 1. The van der Waals surface area contributed by atoms with Gasteiger partial charge in [0.2, 0.25) is 0 Å². The molecule has 0 aliphatic heterocycles. The molecule has 0 bridgehead atoms. The van der Waals surface area contributed by atoms with Crippen LogP contribution in [0.2, 0.25) is 0 Å². The Labute approximate surface area is 141 Å². The molecule has 2 rings (SSSR count). The van der Waals surface area contributed by atoms with Crippen molar-refractivity contribution in [2.75, 3.05) is 19.0 Å². The summed E-state index contributed by atoms with van der Waals surface area (Å²) in [6, 6.07) is 10.7. The molecule has 1 amide bonds. The maximum Gasteiger partial charge on any atom is 0.262 e. The highest BCUT2D eigenvalue weighted by Gasteiger charge is 2.11. The van der Waals surface area contributed by atoms with E-state index in [1.165, 1.54) is 7.11 Å². The molecule has 5 nitrogen and oxygen atoms in total. The zero-order chi connectivity index (χ0) is 17.5. The number of aldehydes is 1. The SMILES string of the molecule is CCc1cccc(C)c1NC(=O)COc1cc(C=O)ccc1OC. The number of hydrogen-bond donors (Lipinski definition) is 1. The summed E-state index contributed by atoms with van der Waals surface area (Å²) in [5, 5.41) is 2.89. The molecule has 5 heteroatoms. The molecule has 0 atom stereocenters. The van der Waals surface area contributed by atoms with Crippen molar-refractivity contribution in [2.45, 2.75) is 20.3 Å². The fourth-order valence-corrected chi connectivity index (χ4v) is 2.40. The molecule has 0 unspecified atom stereocenters. The van der Waals surface area contributed by atoms with Crippen LogP contribution < -0.4 is 14.8 Å². The van der Waals surface area contributed by atoms with Crippen molar-refractivity contribution in [2.24, 2.45) is 0 Å². The van der Waals surface area contributed by atoms with E-state index in [4.69, 9.17) is 9.47 Å². The normalized spacial score (nSPS) is 10.1. The standard InChI is InChI=1S/C19H21NO4/c1-4-15-7-5-6-13(2)19(15)20-18(22)12-24-17-10-14(11-21)8-9-16(17)23-3/h5-11H,4,12H2,1-3H3,(H,20,22). The molecule has 0 spiro atoms. The Morgan fingerprint density at radius 3 is 2.67 bits per heavy atom. The lowest BCUT2D eigenvalue weighted by Crippen LogP contribution is -2.21. The molecule has 0 aromatic heterocycles. The molecule has 0 saturated heterocycles. The number of aryl methyl sites for hydroxylation is 2. The third kappa shape index (κ3) is 4.13. The Balaban J connectivity index is 2.08. The second-order valence-corrected chi connectivity index (χ2v) is 5.33. The van der Waals surface area contributed by atoms with E-state index < -0.39 is 0 Å². The molecular formula is C19H21NO4. The van der Waals surface area contributed by atoms with Crippen LogP contribution in [0.25, 0.3) is 0 Å². The number of carbonyl (C=O) groups is 2. The van der Waals surface area contributed by atoms with Crippen LogP contribution in [0.4, 0.5) is 5.69 Å². The van der Waals surface area contributed by atoms with E-state index in [1.807, 2.05) is 32.0 Å². The summed E-state index contributed by atoms with van der Waals surface area (Å²) in [5.74, 6) is 0.564. The van der Waals surface area contributed by atoms with Crippen LogP contribution in [0.3, 0.4) is 0 Å². The van der Waals surface area contributed by atoms with Gasteiger partial charge in [-0.2, -0.15) is 0 Å². The molecule has 0 fully saturated rings. The van der Waals surface area contributed by atoms with Crippen LogP contribution in [0.15, 0.2) is 36.4 Å². The molecule has 126 valence electrons. The number of rotatable bonds is 7. The van der Waals surface area contributed by atoms with Crippen molar-refractivity contribution < 1.29 is 19.1 Å². The lowest BCUT2D eigenvalue weighted by atomic mass is 10.1. The van der Waals surface area contributed by atoms with Crippen molar-refractivity contribution in [3.63, 3.8) is 0 Å². The highest BCUT2D eigenvalue weighted by Crippen LogP contribution is 2.27. The largest absolute Gasteiger partial charge is 0.493 e. The van der Waals surface area contributed by atoms with Gasteiger partial charge in [0.25, 0.3) is 5.91 Å². The molecular weight excluding hydrogens is 306 g/mol. The van der Waals surface area contributed by atoms with Crippen molar-refractivity contribution in [1.29, 1.82) is 0 Å². The number of amides is 1. The Hall–Kier alpha value is -2.82. The van der Waals surface area contributed by atoms with Gasteiger partial charge >= 0.3 is 0 Å². The third-order valence-electron chi connectivity index (χ3n) is 3.69. The summed E-state index contributed by atoms with van der Waals surface area (Å²) < 4.78 is 10.7. The Morgan fingerprint density at radius 1 is 1.21 bits per heavy atom. The van der Waals surface area contributed by atoms with Crippen molar-refractivity contribution >= 4 is 17.9 Å². The summed E-state index contributed by atoms with van der Waals surface area (Å²) in [6.07, 6.45) is 1.54. The van der Waals surface area contributed by atoms with Gasteiger partial charge in [-0.3, -0.25) is 9.59 Å². The number of benzene rings is 2. The van der Waals surface area contributed by atoms with Gasteiger partial charge in [-0.05, 0) is 42.7 Å². The van der Waals surface area contributed by atoms with Crippen LogP contribution >= 0.6 is 0 Å². The molecule has 2 aromatic carbocycles. The second-order valence-electron chi connectivity index (χ2n) is 5.33. The smallest absolute Gasteiger partial charge is 0.262 e. The minimum absolute atomic E-state index is 0.170. The lowest BCUT2D eigenvalue weighted by molar-refractivity contribution is -0.118. The first-order valence-corrected chi connectivity index (χ1v) is 7.73. The first kappa shape index (κ1) is 17.5. The van der Waals surface area contributed by atoms with Gasteiger partial charge < -0.3 is 14.8 Å². The second kappa shape index (κ2) is 8.15. The van der Waals surface area contributed by atoms with Crippen LogP contribution in [0.1, 0.15) is 28.4 Å². The lowest BCUT2D eigenvalue weighted by Gasteiger charge is -2.14. The number of methoxy groups -OCH3 is 1. The zero-order valence-corrected chi connectivity index (χ0v) is 14.1. The number of para-hydroxylation sites is 1. The highest BCUT2D eigenvalue weighted by atomic mass is 16.5. The quantitative estimate of drug-likeness (QED) is 0.792. The summed E-state index contributed by atoms with van der Waals surface area (Å²) in [6.45, 7) is 3.82. The number of carbonyl (C=O) groups excluding carboxylic acids is 2. The molecule has 0 radical (unpaired) electrons. The minimum atomic E-state index is -0.266. The van der Waals surface area contributed by atoms with Crippen molar-refractivity contribution in [1.82, 2.24) is 0 Å². The van der Waals surface area contributed by atoms with Gasteiger partial charge in [0.1, 0.15) is 6.29 Å². The molecule has 0 aliphatic rings. The Morgan fingerprint density at radius 2 is 2.00 bits per heavy atom. The fraction of sp³-hybridized carbons (Fsp3) is 0.263. The first-order chi connectivity index (χ1) is 11.6. The minimum Gasteiger partial charge on any atom is -0.493 e. The van der Waals surface area contributed by atoms with Gasteiger partial charge in [-0.1, -0.05) is 25.1 Å². The molecule has 0 saturated carbocycles. The van der Waals surface area contributed by atoms with Gasteiger partial charge in [0, 0.05) is 11.3 Å². The average molecular weight is 327 g/mol. The molecule has 1 N–H and O–H groups in total. The Bertz CT molecular complexity index is 740. The van der Waals surface area contributed by atoms with E-state index in [0.29, 0.717) is 23.3 Å². The van der Waals surface area contributed by atoms with Crippen molar-refractivity contribution in [3.8, 4) is 11.5 Å². The van der Waals surface area contributed by atoms with Gasteiger partial charge in [0.15, 0.2) is 18.1 Å². The van der Waals surface area contributed by atoms with E-state index >= 15 is 0 Å². The first-order valence-electron chi connectivity index (χ1n) is 7.73. The fourth-order valence-electron chi connectivity index (χ4n) is 2.40. The molecule has 2 aromatic rings. The predicted molar refractivity (Wildman–Crippen MR) is 93.1 cm³/mol. The van der Waals surface area contributed by atoms with E-state index in [0.717, 1.165) is 23.2 Å². The van der Waals surface area contributed by atoms with Crippen LogP contribution in [0.5, 0.6) is 11.5 Å². The van der Waals surface area contributed by atoms with Gasteiger partial charge in [-0.25, -0.2) is 0 Å². The van der Waals surface area contributed by atoms with Crippen LogP contribution in [-0.2, 0) is 11.2 Å². The summed E-state index contributed by atoms with van der Waals surface area (Å²) in [5.41, 5.74) is 3.35. The third-order valence-corrected chi connectivity index (χ3v) is 3.69. The number of anilines is 1. The Kier molecular flexibility index (Phi) is 5.95.